The SMILES string of the molecule is COC(=O)c1ccccc1-n1c(C)cc([C@@H]2[C@@H](c3ccccn3)NC(=S)N2CC(=O)Nc2ccccc2)c1C. The Morgan fingerprint density at radius 3 is 2.46 bits per heavy atom. The molecule has 0 saturated carbocycles. The van der Waals surface area contributed by atoms with Gasteiger partial charge in [0.25, 0.3) is 0 Å². The molecule has 2 atom stereocenters. The van der Waals surface area contributed by atoms with Crippen LogP contribution in [0.2, 0.25) is 0 Å². The zero-order valence-corrected chi connectivity index (χ0v) is 22.7. The van der Waals surface area contributed by atoms with Crippen molar-refractivity contribution in [2.45, 2.75) is 25.9 Å². The van der Waals surface area contributed by atoms with Gasteiger partial charge in [-0.2, -0.15) is 0 Å². The first-order valence-electron chi connectivity index (χ1n) is 12.6. The second kappa shape index (κ2) is 11.1. The molecule has 0 unspecified atom stereocenters. The van der Waals surface area contributed by atoms with Crippen LogP contribution in [0, 0.1) is 13.8 Å². The van der Waals surface area contributed by atoms with E-state index in [0.717, 1.165) is 34.0 Å². The fourth-order valence-electron chi connectivity index (χ4n) is 5.20. The van der Waals surface area contributed by atoms with Crippen LogP contribution in [0.15, 0.2) is 85.1 Å². The molecule has 2 aromatic carbocycles. The molecule has 1 saturated heterocycles. The fourth-order valence-corrected chi connectivity index (χ4v) is 5.51. The number of benzene rings is 2. The highest BCUT2D eigenvalue weighted by Crippen LogP contribution is 2.41. The van der Waals surface area contributed by atoms with Crippen LogP contribution in [0.25, 0.3) is 5.69 Å². The molecular formula is C30H29N5O3S. The van der Waals surface area contributed by atoms with Gasteiger partial charge in [-0.15, -0.1) is 0 Å². The zero-order valence-electron chi connectivity index (χ0n) is 21.9. The molecule has 1 amide bonds. The molecule has 9 heteroatoms. The summed E-state index contributed by atoms with van der Waals surface area (Å²) in [6.07, 6.45) is 1.75. The van der Waals surface area contributed by atoms with Crippen molar-refractivity contribution in [3.05, 3.63) is 113 Å². The standard InChI is InChI=1S/C30H29N5O3S/c1-19-17-23(20(2)35(19)25-15-8-7-13-22(25)29(37)38-3)28-27(24-14-9-10-16-31-24)33-30(39)34(28)18-26(36)32-21-11-5-4-6-12-21/h4-17,27-28H,18H2,1-3H3,(H,32,36)(H,33,39)/t27-,28-/m1/s1. The van der Waals surface area contributed by atoms with Crippen LogP contribution < -0.4 is 10.6 Å². The Morgan fingerprint density at radius 2 is 1.74 bits per heavy atom. The Morgan fingerprint density at radius 1 is 1.03 bits per heavy atom. The molecule has 0 bridgehead atoms. The minimum absolute atomic E-state index is 0.0527. The van der Waals surface area contributed by atoms with E-state index in [-0.39, 0.29) is 24.5 Å². The van der Waals surface area contributed by atoms with Gasteiger partial charge in [0.05, 0.1) is 36.1 Å². The van der Waals surface area contributed by atoms with Crippen LogP contribution >= 0.6 is 12.2 Å². The van der Waals surface area contributed by atoms with E-state index in [4.69, 9.17) is 17.0 Å². The minimum Gasteiger partial charge on any atom is -0.465 e. The average Bonchev–Trinajstić information content (AvgIpc) is 3.43. The number of thiocarbonyl (C=S) groups is 1. The lowest BCUT2D eigenvalue weighted by atomic mass is 9.96. The van der Waals surface area contributed by atoms with E-state index in [9.17, 15) is 9.59 Å². The summed E-state index contributed by atoms with van der Waals surface area (Å²) in [6.45, 7) is 4.06. The average molecular weight is 540 g/mol. The topological polar surface area (TPSA) is 88.5 Å². The number of anilines is 1. The summed E-state index contributed by atoms with van der Waals surface area (Å²) in [7, 11) is 1.38. The number of aryl methyl sites for hydroxylation is 1. The summed E-state index contributed by atoms with van der Waals surface area (Å²) >= 11 is 5.76. The summed E-state index contributed by atoms with van der Waals surface area (Å²) < 4.78 is 7.09. The number of hydrogen-bond donors (Lipinski definition) is 2. The monoisotopic (exact) mass is 539 g/mol. The lowest BCUT2D eigenvalue weighted by Crippen LogP contribution is -2.37. The van der Waals surface area contributed by atoms with Crippen molar-refractivity contribution < 1.29 is 14.3 Å². The molecule has 2 N–H and O–H groups in total. The number of methoxy groups -OCH3 is 1. The van der Waals surface area contributed by atoms with E-state index in [1.165, 1.54) is 7.11 Å². The van der Waals surface area contributed by atoms with Crippen LogP contribution in [0.1, 0.15) is 45.1 Å². The molecule has 0 radical (unpaired) electrons. The molecule has 1 aliphatic rings. The first kappa shape index (κ1) is 26.1. The number of ether oxygens (including phenoxy) is 1. The fraction of sp³-hybridized carbons (Fsp3) is 0.200. The van der Waals surface area contributed by atoms with Gasteiger partial charge < -0.3 is 24.8 Å². The number of carbonyl (C=O) groups is 2. The quantitative estimate of drug-likeness (QED) is 0.255. The van der Waals surface area contributed by atoms with Crippen molar-refractivity contribution in [3.8, 4) is 5.69 Å². The van der Waals surface area contributed by atoms with E-state index in [0.29, 0.717) is 10.7 Å². The molecule has 0 aliphatic carbocycles. The van der Waals surface area contributed by atoms with Crippen molar-refractivity contribution in [2.24, 2.45) is 0 Å². The number of rotatable bonds is 7. The van der Waals surface area contributed by atoms with Gasteiger partial charge in [0.15, 0.2) is 5.11 Å². The summed E-state index contributed by atoms with van der Waals surface area (Å²) in [5.74, 6) is -0.587. The van der Waals surface area contributed by atoms with Gasteiger partial charge in [0, 0.05) is 23.3 Å². The number of carbonyl (C=O) groups excluding carboxylic acids is 2. The van der Waals surface area contributed by atoms with Crippen LogP contribution in [0.4, 0.5) is 5.69 Å². The molecule has 1 fully saturated rings. The van der Waals surface area contributed by atoms with E-state index >= 15 is 0 Å². The van der Waals surface area contributed by atoms with Gasteiger partial charge in [-0.1, -0.05) is 36.4 Å². The number of amides is 1. The van der Waals surface area contributed by atoms with E-state index in [2.05, 4.69) is 21.7 Å². The normalized spacial score (nSPS) is 16.6. The lowest BCUT2D eigenvalue weighted by molar-refractivity contribution is -0.116. The molecule has 5 rings (SSSR count). The van der Waals surface area contributed by atoms with Crippen molar-refractivity contribution in [1.82, 2.24) is 19.8 Å². The van der Waals surface area contributed by atoms with Crippen molar-refractivity contribution in [2.75, 3.05) is 19.0 Å². The Bertz CT molecular complexity index is 1520. The molecule has 1 aliphatic heterocycles. The van der Waals surface area contributed by atoms with E-state index in [1.807, 2.05) is 90.0 Å². The molecule has 39 heavy (non-hydrogen) atoms. The Balaban J connectivity index is 1.57. The molecule has 0 spiro atoms. The number of aromatic nitrogens is 2. The smallest absolute Gasteiger partial charge is 0.339 e. The number of hydrogen-bond acceptors (Lipinski definition) is 5. The maximum Gasteiger partial charge on any atom is 0.339 e. The predicted molar refractivity (Wildman–Crippen MR) is 154 cm³/mol. The molecule has 3 heterocycles. The summed E-state index contributed by atoms with van der Waals surface area (Å²) in [6, 6.07) is 23.9. The Kier molecular flexibility index (Phi) is 7.42. The van der Waals surface area contributed by atoms with E-state index in [1.54, 1.807) is 12.3 Å². The second-order valence-electron chi connectivity index (χ2n) is 9.34. The van der Waals surface area contributed by atoms with Gasteiger partial charge >= 0.3 is 5.97 Å². The number of esters is 1. The van der Waals surface area contributed by atoms with Crippen LogP contribution in [-0.4, -0.2) is 45.1 Å². The molecule has 4 aromatic rings. The summed E-state index contributed by atoms with van der Waals surface area (Å²) in [4.78, 5) is 32.2. The first-order chi connectivity index (χ1) is 18.9. The third kappa shape index (κ3) is 5.13. The van der Waals surface area contributed by atoms with Crippen molar-refractivity contribution in [1.29, 1.82) is 0 Å². The Hall–Kier alpha value is -4.50. The molecule has 198 valence electrons. The van der Waals surface area contributed by atoms with Crippen molar-refractivity contribution >= 4 is 34.9 Å². The van der Waals surface area contributed by atoms with Gasteiger partial charge in [-0.25, -0.2) is 4.79 Å². The third-order valence-electron chi connectivity index (χ3n) is 6.91. The Labute approximate surface area is 232 Å². The predicted octanol–water partition coefficient (Wildman–Crippen LogP) is 4.89. The highest BCUT2D eigenvalue weighted by Gasteiger charge is 2.42. The minimum atomic E-state index is -0.408. The van der Waals surface area contributed by atoms with Gasteiger partial charge in [0.2, 0.25) is 5.91 Å². The van der Waals surface area contributed by atoms with Gasteiger partial charge in [-0.3, -0.25) is 9.78 Å². The molecule has 2 aromatic heterocycles. The number of nitrogens with one attached hydrogen (secondary N) is 2. The molecule has 8 nitrogen and oxygen atoms in total. The summed E-state index contributed by atoms with van der Waals surface area (Å²) in [5.41, 5.74) is 5.56. The number of pyridine rings is 1. The highest BCUT2D eigenvalue weighted by atomic mass is 32.1. The van der Waals surface area contributed by atoms with E-state index < -0.39 is 5.97 Å². The van der Waals surface area contributed by atoms with Crippen molar-refractivity contribution in [3.63, 3.8) is 0 Å². The highest BCUT2D eigenvalue weighted by molar-refractivity contribution is 7.80. The number of para-hydroxylation sites is 2. The third-order valence-corrected chi connectivity index (χ3v) is 7.26. The second-order valence-corrected chi connectivity index (χ2v) is 9.73. The van der Waals surface area contributed by atoms with Crippen LogP contribution in [0.3, 0.4) is 0 Å². The number of nitrogens with zero attached hydrogens (tertiary/aromatic N) is 3. The van der Waals surface area contributed by atoms with Gasteiger partial charge in [0.1, 0.15) is 6.54 Å². The van der Waals surface area contributed by atoms with Crippen LogP contribution in [-0.2, 0) is 9.53 Å². The lowest BCUT2D eigenvalue weighted by Gasteiger charge is -2.27. The maximum atomic E-state index is 13.2. The largest absolute Gasteiger partial charge is 0.465 e. The molecular weight excluding hydrogens is 510 g/mol. The van der Waals surface area contributed by atoms with Crippen LogP contribution in [0.5, 0.6) is 0 Å². The van der Waals surface area contributed by atoms with Gasteiger partial charge in [-0.05, 0) is 74.1 Å². The first-order valence-corrected chi connectivity index (χ1v) is 13.0. The zero-order chi connectivity index (χ0) is 27.5. The maximum absolute atomic E-state index is 13.2. The summed E-state index contributed by atoms with van der Waals surface area (Å²) in [5, 5.41) is 6.83.